The highest BCUT2D eigenvalue weighted by Crippen LogP contribution is 2.46. The first kappa shape index (κ1) is 33.9. The Bertz CT molecular complexity index is 1200. The lowest BCUT2D eigenvalue weighted by molar-refractivity contribution is -0.144. The molecule has 0 atom stereocenters. The van der Waals surface area contributed by atoms with Gasteiger partial charge in [-0.15, -0.1) is 0 Å². The van der Waals surface area contributed by atoms with Gasteiger partial charge in [0.1, 0.15) is 0 Å². The number of rotatable bonds is 3. The van der Waals surface area contributed by atoms with E-state index in [9.17, 15) is 79.0 Å². The molecule has 0 unspecified atom stereocenters. The molecule has 0 amide bonds. The Balaban J connectivity index is 2.60. The summed E-state index contributed by atoms with van der Waals surface area (Å²) >= 11 is 0. The first-order valence-electron chi connectivity index (χ1n) is 11.0. The normalized spacial score (nSPS) is 14.0. The third-order valence-corrected chi connectivity index (χ3v) is 5.83. The fourth-order valence-electron chi connectivity index (χ4n) is 4.01. The summed E-state index contributed by atoms with van der Waals surface area (Å²) in [6.45, 7) is 0. The van der Waals surface area contributed by atoms with Crippen molar-refractivity contribution in [2.24, 2.45) is 0 Å². The summed E-state index contributed by atoms with van der Waals surface area (Å²) in [5, 5.41) is 0. The standard InChI is InChI=1S/C25H10F18/c26-20(27,28)13-1-10(2-14(7-13)21(29,30)31)19(11-3-15(22(32,33)34)8-16(4-11)23(35,36)37)12-5-17(24(38,39)40)9-18(6-12)25(41,42)43/h1-9,19H. The van der Waals surface area contributed by atoms with Crippen LogP contribution < -0.4 is 0 Å². The minimum Gasteiger partial charge on any atom is -0.166 e. The van der Waals surface area contributed by atoms with Crippen molar-refractivity contribution in [1.82, 2.24) is 0 Å². The molecular formula is C25H10F18. The van der Waals surface area contributed by atoms with Gasteiger partial charge in [-0.3, -0.25) is 0 Å². The predicted octanol–water partition coefficient (Wildman–Crippen LogP) is 11.0. The van der Waals surface area contributed by atoms with Crippen LogP contribution in [-0.4, -0.2) is 0 Å². The van der Waals surface area contributed by atoms with Gasteiger partial charge in [0.05, 0.1) is 33.4 Å². The molecule has 0 saturated heterocycles. The Morgan fingerprint density at radius 1 is 0.256 bits per heavy atom. The molecule has 0 spiro atoms. The fourth-order valence-corrected chi connectivity index (χ4v) is 4.01. The summed E-state index contributed by atoms with van der Waals surface area (Å²) in [5.74, 6) is -2.88. The Morgan fingerprint density at radius 2 is 0.395 bits per heavy atom. The zero-order valence-corrected chi connectivity index (χ0v) is 20.1. The molecule has 0 nitrogen and oxygen atoms in total. The summed E-state index contributed by atoms with van der Waals surface area (Å²) in [6.07, 6.45) is -34.0. The van der Waals surface area contributed by atoms with Crippen LogP contribution in [-0.2, 0) is 37.1 Å². The van der Waals surface area contributed by atoms with Crippen molar-refractivity contribution in [2.75, 3.05) is 0 Å². The van der Waals surface area contributed by atoms with E-state index in [4.69, 9.17) is 0 Å². The number of hydrogen-bond acceptors (Lipinski definition) is 0. The third-order valence-electron chi connectivity index (χ3n) is 5.83. The highest BCUT2D eigenvalue weighted by Gasteiger charge is 2.42. The van der Waals surface area contributed by atoms with E-state index >= 15 is 0 Å². The van der Waals surface area contributed by atoms with Crippen molar-refractivity contribution in [3.63, 3.8) is 0 Å². The summed E-state index contributed by atoms with van der Waals surface area (Å²) in [6, 6.07) is -2.95. The second kappa shape index (κ2) is 10.5. The van der Waals surface area contributed by atoms with E-state index in [2.05, 4.69) is 0 Å². The Labute approximate surface area is 227 Å². The maximum Gasteiger partial charge on any atom is 0.416 e. The van der Waals surface area contributed by atoms with E-state index in [1.165, 1.54) is 0 Å². The molecule has 3 aromatic rings. The van der Waals surface area contributed by atoms with Gasteiger partial charge in [0, 0.05) is 5.92 Å². The van der Waals surface area contributed by atoms with Gasteiger partial charge in [0.25, 0.3) is 0 Å². The van der Waals surface area contributed by atoms with Crippen LogP contribution in [0.15, 0.2) is 54.6 Å². The van der Waals surface area contributed by atoms with E-state index in [1.807, 2.05) is 0 Å². The van der Waals surface area contributed by atoms with E-state index in [1.54, 1.807) is 0 Å². The van der Waals surface area contributed by atoms with Gasteiger partial charge in [-0.1, -0.05) is 0 Å². The van der Waals surface area contributed by atoms with E-state index in [0.717, 1.165) is 0 Å². The second-order valence-electron chi connectivity index (χ2n) is 8.95. The second-order valence-corrected chi connectivity index (χ2v) is 8.95. The minimum atomic E-state index is -5.67. The van der Waals surface area contributed by atoms with Crippen LogP contribution in [0.3, 0.4) is 0 Å². The average molecular weight is 652 g/mol. The summed E-state index contributed by atoms with van der Waals surface area (Å²) in [5.41, 5.74) is -17.7. The molecule has 0 N–H and O–H groups in total. The predicted molar refractivity (Wildman–Crippen MR) is 110 cm³/mol. The number of halogens is 18. The molecule has 0 fully saturated rings. The molecule has 3 rings (SSSR count). The smallest absolute Gasteiger partial charge is 0.166 e. The molecule has 0 aliphatic heterocycles. The van der Waals surface area contributed by atoms with Crippen LogP contribution in [0, 0.1) is 0 Å². The minimum absolute atomic E-state index is 0.235. The third kappa shape index (κ3) is 7.87. The molecule has 0 heterocycles. The Kier molecular flexibility index (Phi) is 8.31. The topological polar surface area (TPSA) is 0 Å². The number of hydrogen-bond donors (Lipinski definition) is 0. The zero-order chi connectivity index (χ0) is 33.1. The molecule has 0 aromatic heterocycles. The van der Waals surface area contributed by atoms with Crippen molar-refractivity contribution < 1.29 is 79.0 Å². The fraction of sp³-hybridized carbons (Fsp3) is 0.280. The summed E-state index contributed by atoms with van der Waals surface area (Å²) in [4.78, 5) is 0. The average Bonchev–Trinajstić information content (AvgIpc) is 2.80. The lowest BCUT2D eigenvalue weighted by Crippen LogP contribution is -2.18. The van der Waals surface area contributed by atoms with Gasteiger partial charge in [0.15, 0.2) is 0 Å². The Morgan fingerprint density at radius 3 is 0.512 bits per heavy atom. The molecule has 18 heteroatoms. The van der Waals surface area contributed by atoms with Crippen LogP contribution >= 0.6 is 0 Å². The van der Waals surface area contributed by atoms with Crippen molar-refractivity contribution in [2.45, 2.75) is 43.0 Å². The first-order valence-corrected chi connectivity index (χ1v) is 11.0. The Hall–Kier alpha value is -3.60. The first-order chi connectivity index (χ1) is 19.1. The van der Waals surface area contributed by atoms with Crippen molar-refractivity contribution in [3.8, 4) is 0 Å². The molecule has 0 aliphatic rings. The molecule has 43 heavy (non-hydrogen) atoms. The molecular weight excluding hydrogens is 642 g/mol. The van der Waals surface area contributed by atoms with Gasteiger partial charge in [-0.25, -0.2) is 0 Å². The molecule has 236 valence electrons. The lowest BCUT2D eigenvalue weighted by atomic mass is 9.81. The lowest BCUT2D eigenvalue weighted by Gasteiger charge is -2.25. The quantitative estimate of drug-likeness (QED) is 0.195. The highest BCUT2D eigenvalue weighted by atomic mass is 19.4. The van der Waals surface area contributed by atoms with Crippen LogP contribution in [0.2, 0.25) is 0 Å². The van der Waals surface area contributed by atoms with Gasteiger partial charge in [-0.2, -0.15) is 79.0 Å². The van der Waals surface area contributed by atoms with Crippen LogP contribution in [0.4, 0.5) is 79.0 Å². The van der Waals surface area contributed by atoms with E-state index < -0.39 is 111 Å². The van der Waals surface area contributed by atoms with Gasteiger partial charge in [-0.05, 0) is 71.3 Å². The van der Waals surface area contributed by atoms with E-state index in [-0.39, 0.29) is 36.4 Å². The molecule has 3 aromatic carbocycles. The summed E-state index contributed by atoms with van der Waals surface area (Å²) < 4.78 is 243. The molecule has 0 radical (unpaired) electrons. The van der Waals surface area contributed by atoms with Crippen molar-refractivity contribution in [3.05, 3.63) is 105 Å². The monoisotopic (exact) mass is 652 g/mol. The maximum absolute atomic E-state index is 13.5. The molecule has 0 saturated carbocycles. The van der Waals surface area contributed by atoms with Crippen molar-refractivity contribution in [1.29, 1.82) is 0 Å². The number of alkyl halides is 18. The SMILES string of the molecule is FC(F)(F)c1cc(C(c2cc(C(F)(F)F)cc(C(F)(F)F)c2)c2cc(C(F)(F)F)cc(C(F)(F)F)c2)cc(C(F)(F)F)c1. The molecule has 0 aliphatic carbocycles. The van der Waals surface area contributed by atoms with Crippen LogP contribution in [0.5, 0.6) is 0 Å². The van der Waals surface area contributed by atoms with Gasteiger partial charge < -0.3 is 0 Å². The zero-order valence-electron chi connectivity index (χ0n) is 20.1. The van der Waals surface area contributed by atoms with Crippen LogP contribution in [0.1, 0.15) is 56.0 Å². The van der Waals surface area contributed by atoms with E-state index in [0.29, 0.717) is 0 Å². The van der Waals surface area contributed by atoms with Gasteiger partial charge >= 0.3 is 37.1 Å². The number of benzene rings is 3. The highest BCUT2D eigenvalue weighted by molar-refractivity contribution is 5.51. The van der Waals surface area contributed by atoms with Gasteiger partial charge in [0.2, 0.25) is 0 Å². The molecule has 0 bridgehead atoms. The van der Waals surface area contributed by atoms with Crippen LogP contribution in [0.25, 0.3) is 0 Å². The van der Waals surface area contributed by atoms with Crippen molar-refractivity contribution >= 4 is 0 Å². The summed E-state index contributed by atoms with van der Waals surface area (Å²) in [7, 11) is 0. The maximum atomic E-state index is 13.5. The largest absolute Gasteiger partial charge is 0.416 e.